The van der Waals surface area contributed by atoms with Crippen molar-refractivity contribution < 1.29 is 9.13 Å². The van der Waals surface area contributed by atoms with Crippen LogP contribution in [0.2, 0.25) is 0 Å². The lowest BCUT2D eigenvalue weighted by Gasteiger charge is -2.09. The summed E-state index contributed by atoms with van der Waals surface area (Å²) in [4.78, 5) is 4.07. The average Bonchev–Trinajstić information content (AvgIpc) is 2.67. The van der Waals surface area contributed by atoms with E-state index >= 15 is 0 Å². The van der Waals surface area contributed by atoms with Crippen LogP contribution in [-0.4, -0.2) is 4.98 Å². The first-order valence-corrected chi connectivity index (χ1v) is 7.68. The third-order valence-electron chi connectivity index (χ3n) is 3.13. The van der Waals surface area contributed by atoms with E-state index in [1.807, 2.05) is 36.4 Å². The molecule has 0 saturated heterocycles. The Balaban J connectivity index is 1.88. The minimum Gasteiger partial charge on any atom is -0.490 e. The van der Waals surface area contributed by atoms with Gasteiger partial charge in [-0.1, -0.05) is 49.6 Å². The molecule has 0 fully saturated rings. The fraction of sp³-hybridized carbons (Fsp3) is 0.0500. The van der Waals surface area contributed by atoms with Crippen LogP contribution in [-0.2, 0) is 11.3 Å². The minimum absolute atomic E-state index is 0.178. The Morgan fingerprint density at radius 3 is 2.56 bits per heavy atom. The van der Waals surface area contributed by atoms with Gasteiger partial charge in [0.25, 0.3) is 0 Å². The lowest BCUT2D eigenvalue weighted by molar-refractivity contribution is 0.212. The number of pyridine rings is 1. The van der Waals surface area contributed by atoms with Gasteiger partial charge in [0.15, 0.2) is 0 Å². The zero-order chi connectivity index (χ0) is 17.9. The van der Waals surface area contributed by atoms with Crippen molar-refractivity contribution in [2.45, 2.75) is 6.61 Å². The van der Waals surface area contributed by atoms with Crippen molar-refractivity contribution in [3.8, 4) is 0 Å². The summed E-state index contributed by atoms with van der Waals surface area (Å²) in [6, 6.07) is 15.0. The molecule has 2 aromatic rings. The van der Waals surface area contributed by atoms with Gasteiger partial charge in [-0.05, 0) is 35.9 Å². The summed E-state index contributed by atoms with van der Waals surface area (Å²) in [7, 11) is 0. The largest absolute Gasteiger partial charge is 0.490 e. The van der Waals surface area contributed by atoms with E-state index in [0.717, 1.165) is 5.56 Å². The van der Waals surface area contributed by atoms with Gasteiger partial charge in [-0.15, -0.1) is 0 Å². The van der Waals surface area contributed by atoms with Crippen LogP contribution < -0.4 is 10.9 Å². The number of anilines is 1. The Labute approximate surface area is 147 Å². The van der Waals surface area contributed by atoms with E-state index < -0.39 is 5.83 Å². The van der Waals surface area contributed by atoms with Crippen LogP contribution >= 0.6 is 0 Å². The Kier molecular flexibility index (Phi) is 7.00. The van der Waals surface area contributed by atoms with E-state index in [9.17, 15) is 4.39 Å². The number of aromatic nitrogens is 1. The highest BCUT2D eigenvalue weighted by Gasteiger charge is 2.01. The predicted octanol–water partition coefficient (Wildman–Crippen LogP) is 4.65. The monoisotopic (exact) mass is 337 g/mol. The summed E-state index contributed by atoms with van der Waals surface area (Å²) >= 11 is 0. The summed E-state index contributed by atoms with van der Waals surface area (Å²) in [5.74, 6) is 0.414. The number of allylic oxidation sites excluding steroid dienone is 4. The van der Waals surface area contributed by atoms with Crippen LogP contribution in [0.25, 0.3) is 0 Å². The Morgan fingerprint density at radius 2 is 1.88 bits per heavy atom. The maximum atomic E-state index is 14.2. The molecule has 0 amide bonds. The van der Waals surface area contributed by atoms with Gasteiger partial charge in [-0.3, -0.25) is 10.9 Å². The van der Waals surface area contributed by atoms with Gasteiger partial charge in [0.1, 0.15) is 24.0 Å². The molecule has 0 atom stereocenters. The highest BCUT2D eigenvalue weighted by atomic mass is 19.1. The second kappa shape index (κ2) is 9.72. The molecule has 0 unspecified atom stereocenters. The van der Waals surface area contributed by atoms with E-state index in [2.05, 4.69) is 29.0 Å². The lowest BCUT2D eigenvalue weighted by atomic mass is 10.2. The minimum atomic E-state index is -0.511. The molecule has 0 saturated carbocycles. The highest BCUT2D eigenvalue weighted by Crippen LogP contribution is 2.11. The summed E-state index contributed by atoms with van der Waals surface area (Å²) < 4.78 is 19.7. The molecular formula is C20H20FN3O. The third kappa shape index (κ3) is 6.35. The van der Waals surface area contributed by atoms with Crippen molar-refractivity contribution in [3.05, 3.63) is 109 Å². The zero-order valence-electron chi connectivity index (χ0n) is 13.8. The zero-order valence-corrected chi connectivity index (χ0v) is 13.8. The molecule has 2 rings (SSSR count). The summed E-state index contributed by atoms with van der Waals surface area (Å²) in [6.45, 7) is 7.72. The number of hydrazine groups is 1. The number of nitrogens with one attached hydrogen (secondary N) is 2. The molecular weight excluding hydrogens is 317 g/mol. The van der Waals surface area contributed by atoms with Gasteiger partial charge >= 0.3 is 0 Å². The van der Waals surface area contributed by atoms with Gasteiger partial charge in [0.05, 0.1) is 5.70 Å². The van der Waals surface area contributed by atoms with Gasteiger partial charge in [0, 0.05) is 6.20 Å². The highest BCUT2D eigenvalue weighted by molar-refractivity contribution is 5.36. The van der Waals surface area contributed by atoms with E-state index in [-0.39, 0.29) is 5.70 Å². The van der Waals surface area contributed by atoms with Crippen LogP contribution in [0, 0.1) is 0 Å². The molecule has 1 aromatic carbocycles. The van der Waals surface area contributed by atoms with Crippen molar-refractivity contribution in [3.63, 3.8) is 0 Å². The SMILES string of the molecule is C=C/C(NNc1ccccn1)=C(F)\C=C/C(=C)OCc1ccccc1. The summed E-state index contributed by atoms with van der Waals surface area (Å²) in [5.41, 5.74) is 6.71. The summed E-state index contributed by atoms with van der Waals surface area (Å²) in [5, 5.41) is 0. The maximum absolute atomic E-state index is 14.2. The van der Waals surface area contributed by atoms with Crippen molar-refractivity contribution >= 4 is 5.82 Å². The normalized spacial score (nSPS) is 11.6. The molecule has 0 aliphatic rings. The molecule has 1 aromatic heterocycles. The summed E-state index contributed by atoms with van der Waals surface area (Å²) in [6.07, 6.45) is 5.72. The first-order valence-electron chi connectivity index (χ1n) is 7.68. The van der Waals surface area contributed by atoms with Crippen LogP contribution in [0.3, 0.4) is 0 Å². The molecule has 4 nitrogen and oxygen atoms in total. The number of benzene rings is 1. The van der Waals surface area contributed by atoms with E-state index in [1.165, 1.54) is 18.2 Å². The second-order valence-electron chi connectivity index (χ2n) is 5.00. The smallest absolute Gasteiger partial charge is 0.148 e. The van der Waals surface area contributed by atoms with E-state index in [0.29, 0.717) is 18.2 Å². The molecule has 5 heteroatoms. The predicted molar refractivity (Wildman–Crippen MR) is 98.8 cm³/mol. The molecule has 0 spiro atoms. The standard InChI is InChI=1S/C20H20FN3O/c1-3-19(23-24-20-11-7-8-14-22-20)18(21)13-12-16(2)25-15-17-9-5-4-6-10-17/h3-14,23H,1-2,15H2,(H,22,24)/b13-12-,19-18-. The van der Waals surface area contributed by atoms with E-state index in [1.54, 1.807) is 18.3 Å². The molecule has 0 aliphatic carbocycles. The number of halogens is 1. The van der Waals surface area contributed by atoms with Crippen molar-refractivity contribution in [2.75, 3.05) is 5.43 Å². The number of ether oxygens (including phenoxy) is 1. The van der Waals surface area contributed by atoms with Crippen LogP contribution in [0.4, 0.5) is 10.2 Å². The van der Waals surface area contributed by atoms with Crippen molar-refractivity contribution in [2.24, 2.45) is 0 Å². The van der Waals surface area contributed by atoms with Crippen LogP contribution in [0.15, 0.2) is 103 Å². The number of nitrogens with zero attached hydrogens (tertiary/aromatic N) is 1. The molecule has 2 N–H and O–H groups in total. The topological polar surface area (TPSA) is 46.2 Å². The first kappa shape index (κ1) is 18.0. The fourth-order valence-corrected chi connectivity index (χ4v) is 1.83. The van der Waals surface area contributed by atoms with Gasteiger partial charge in [-0.2, -0.15) is 0 Å². The number of rotatable bonds is 9. The molecule has 0 aliphatic heterocycles. The van der Waals surface area contributed by atoms with E-state index in [4.69, 9.17) is 4.74 Å². The molecule has 0 bridgehead atoms. The molecule has 1 heterocycles. The number of hydrogen-bond acceptors (Lipinski definition) is 4. The van der Waals surface area contributed by atoms with Gasteiger partial charge in [0.2, 0.25) is 0 Å². The third-order valence-corrected chi connectivity index (χ3v) is 3.13. The lowest BCUT2D eigenvalue weighted by Crippen LogP contribution is -2.21. The first-order chi connectivity index (χ1) is 12.2. The number of hydrogen-bond donors (Lipinski definition) is 2. The Morgan fingerprint density at radius 1 is 1.12 bits per heavy atom. The fourth-order valence-electron chi connectivity index (χ4n) is 1.83. The van der Waals surface area contributed by atoms with Gasteiger partial charge in [-0.25, -0.2) is 9.37 Å². The van der Waals surface area contributed by atoms with Crippen LogP contribution in [0.1, 0.15) is 5.56 Å². The van der Waals surface area contributed by atoms with Crippen molar-refractivity contribution in [1.29, 1.82) is 0 Å². The molecule has 128 valence electrons. The Bertz CT molecular complexity index is 755. The van der Waals surface area contributed by atoms with Crippen LogP contribution in [0.5, 0.6) is 0 Å². The average molecular weight is 337 g/mol. The maximum Gasteiger partial charge on any atom is 0.148 e. The quantitative estimate of drug-likeness (QED) is 0.397. The van der Waals surface area contributed by atoms with Crippen molar-refractivity contribution in [1.82, 2.24) is 10.4 Å². The Hall–Kier alpha value is -3.34. The van der Waals surface area contributed by atoms with Gasteiger partial charge < -0.3 is 4.74 Å². The second-order valence-corrected chi connectivity index (χ2v) is 5.00. The molecule has 0 radical (unpaired) electrons. The molecule has 25 heavy (non-hydrogen) atoms.